The van der Waals surface area contributed by atoms with E-state index in [0.29, 0.717) is 19.7 Å². The van der Waals surface area contributed by atoms with Gasteiger partial charge in [0.25, 0.3) is 0 Å². The van der Waals surface area contributed by atoms with Crippen LogP contribution in [0.4, 0.5) is 0 Å². The lowest BCUT2D eigenvalue weighted by molar-refractivity contribution is -0.137. The first-order chi connectivity index (χ1) is 8.60. The van der Waals surface area contributed by atoms with Crippen LogP contribution in [0, 0.1) is 0 Å². The summed E-state index contributed by atoms with van der Waals surface area (Å²) >= 11 is 0. The molecule has 0 aliphatic carbocycles. The zero-order valence-electron chi connectivity index (χ0n) is 11.0. The van der Waals surface area contributed by atoms with E-state index in [0.717, 1.165) is 13.1 Å². The fourth-order valence-corrected chi connectivity index (χ4v) is 1.91. The van der Waals surface area contributed by atoms with E-state index in [9.17, 15) is 4.79 Å². The summed E-state index contributed by atoms with van der Waals surface area (Å²) in [5.41, 5.74) is 5.57. The number of ether oxygens (including phenoxy) is 1. The van der Waals surface area contributed by atoms with Crippen LogP contribution in [0.3, 0.4) is 0 Å². The Bertz CT molecular complexity index is 301. The molecule has 0 radical (unpaired) electrons. The summed E-state index contributed by atoms with van der Waals surface area (Å²) in [4.78, 5) is 15.6. The molecule has 1 amide bonds. The van der Waals surface area contributed by atoms with Gasteiger partial charge in [0.15, 0.2) is 5.84 Å². The molecule has 1 aliphatic heterocycles. The molecule has 0 spiro atoms. The van der Waals surface area contributed by atoms with E-state index in [2.05, 4.69) is 10.1 Å². The Balaban J connectivity index is 2.39. The molecule has 0 aromatic rings. The van der Waals surface area contributed by atoms with E-state index in [-0.39, 0.29) is 24.4 Å². The lowest BCUT2D eigenvalue weighted by Crippen LogP contribution is -2.54. The lowest BCUT2D eigenvalue weighted by atomic mass is 10.2. The van der Waals surface area contributed by atoms with Gasteiger partial charge in [0.2, 0.25) is 5.91 Å². The second-order valence-corrected chi connectivity index (χ2v) is 4.25. The van der Waals surface area contributed by atoms with Gasteiger partial charge < -0.3 is 20.6 Å². The molecule has 0 bridgehead atoms. The van der Waals surface area contributed by atoms with Crippen LogP contribution in [-0.4, -0.2) is 72.2 Å². The number of oxime groups is 1. The summed E-state index contributed by atoms with van der Waals surface area (Å²) in [7, 11) is 0. The van der Waals surface area contributed by atoms with Gasteiger partial charge in [0.1, 0.15) is 6.61 Å². The molecule has 3 N–H and O–H groups in total. The van der Waals surface area contributed by atoms with Crippen molar-refractivity contribution in [2.45, 2.75) is 19.9 Å². The molecule has 1 unspecified atom stereocenters. The molecular weight excluding hydrogens is 236 g/mol. The average molecular weight is 258 g/mol. The smallest absolute Gasteiger partial charge is 0.248 e. The molecule has 1 rings (SSSR count). The summed E-state index contributed by atoms with van der Waals surface area (Å²) in [6, 6.07) is -0.112. The number of nitrogens with zero attached hydrogens (tertiary/aromatic N) is 3. The molecule has 1 aliphatic rings. The number of carbonyl (C=O) groups is 1. The van der Waals surface area contributed by atoms with Crippen molar-refractivity contribution in [2.24, 2.45) is 10.9 Å². The molecule has 1 atom stereocenters. The van der Waals surface area contributed by atoms with E-state index in [1.165, 1.54) is 0 Å². The average Bonchev–Trinajstić information content (AvgIpc) is 2.43. The third-order valence-electron chi connectivity index (χ3n) is 3.19. The van der Waals surface area contributed by atoms with Gasteiger partial charge in [-0.05, 0) is 13.8 Å². The summed E-state index contributed by atoms with van der Waals surface area (Å²) in [6.07, 6.45) is 0. The van der Waals surface area contributed by atoms with Crippen LogP contribution < -0.4 is 5.73 Å². The third kappa shape index (κ3) is 3.85. The standard InChI is InChI=1S/C11H22N4O3/c1-3-18-8-10(16)15-6-4-14(5-7-15)9(2)11(12)13-17/h9,17H,3-8H2,1-2H3,(H2,12,13). The van der Waals surface area contributed by atoms with Crippen LogP contribution in [0.15, 0.2) is 5.16 Å². The molecule has 1 saturated heterocycles. The molecule has 18 heavy (non-hydrogen) atoms. The number of amidine groups is 1. The molecule has 7 heteroatoms. The van der Waals surface area contributed by atoms with Crippen molar-refractivity contribution in [3.05, 3.63) is 0 Å². The Hall–Kier alpha value is -1.34. The fourth-order valence-electron chi connectivity index (χ4n) is 1.91. The van der Waals surface area contributed by atoms with Crippen molar-refractivity contribution in [3.8, 4) is 0 Å². The van der Waals surface area contributed by atoms with E-state index in [1.54, 1.807) is 4.90 Å². The van der Waals surface area contributed by atoms with Gasteiger partial charge in [-0.15, -0.1) is 0 Å². The van der Waals surface area contributed by atoms with Crippen LogP contribution in [-0.2, 0) is 9.53 Å². The number of nitrogens with two attached hydrogens (primary N) is 1. The Kier molecular flexibility index (Phi) is 5.87. The van der Waals surface area contributed by atoms with Gasteiger partial charge in [-0.25, -0.2) is 0 Å². The summed E-state index contributed by atoms with van der Waals surface area (Å²) < 4.78 is 5.10. The maximum absolute atomic E-state index is 11.7. The van der Waals surface area contributed by atoms with Crippen LogP contribution in [0.1, 0.15) is 13.8 Å². The Morgan fingerprint density at radius 2 is 2.06 bits per heavy atom. The molecule has 0 aromatic carbocycles. The van der Waals surface area contributed by atoms with Crippen LogP contribution in [0.25, 0.3) is 0 Å². The minimum Gasteiger partial charge on any atom is -0.409 e. The van der Waals surface area contributed by atoms with Gasteiger partial charge >= 0.3 is 0 Å². The topological polar surface area (TPSA) is 91.4 Å². The number of hydrogen-bond acceptors (Lipinski definition) is 5. The molecule has 7 nitrogen and oxygen atoms in total. The Labute approximate surface area is 107 Å². The van der Waals surface area contributed by atoms with Crippen molar-refractivity contribution in [3.63, 3.8) is 0 Å². The number of carbonyl (C=O) groups excluding carboxylic acids is 1. The number of amides is 1. The second-order valence-electron chi connectivity index (χ2n) is 4.25. The van der Waals surface area contributed by atoms with Gasteiger partial charge in [0.05, 0.1) is 6.04 Å². The van der Waals surface area contributed by atoms with Crippen LogP contribution >= 0.6 is 0 Å². The fraction of sp³-hybridized carbons (Fsp3) is 0.818. The number of piperazine rings is 1. The van der Waals surface area contributed by atoms with E-state index < -0.39 is 0 Å². The molecule has 1 fully saturated rings. The van der Waals surface area contributed by atoms with Crippen molar-refractivity contribution in [2.75, 3.05) is 39.4 Å². The normalized spacial score (nSPS) is 19.9. The number of rotatable bonds is 5. The Morgan fingerprint density at radius 1 is 1.44 bits per heavy atom. The van der Waals surface area contributed by atoms with Gasteiger partial charge in [-0.3, -0.25) is 9.69 Å². The van der Waals surface area contributed by atoms with Gasteiger partial charge in [-0.1, -0.05) is 5.16 Å². The first-order valence-corrected chi connectivity index (χ1v) is 6.17. The van der Waals surface area contributed by atoms with Gasteiger partial charge in [-0.2, -0.15) is 0 Å². The Morgan fingerprint density at radius 3 is 2.56 bits per heavy atom. The maximum Gasteiger partial charge on any atom is 0.248 e. The van der Waals surface area contributed by atoms with Crippen LogP contribution in [0.2, 0.25) is 0 Å². The van der Waals surface area contributed by atoms with Crippen molar-refractivity contribution in [1.82, 2.24) is 9.80 Å². The zero-order valence-corrected chi connectivity index (χ0v) is 11.0. The highest BCUT2D eigenvalue weighted by molar-refractivity contribution is 5.84. The predicted octanol–water partition coefficient (Wildman–Crippen LogP) is -0.698. The van der Waals surface area contributed by atoms with E-state index in [1.807, 2.05) is 13.8 Å². The monoisotopic (exact) mass is 258 g/mol. The lowest BCUT2D eigenvalue weighted by Gasteiger charge is -2.37. The molecule has 0 aromatic heterocycles. The minimum absolute atomic E-state index is 0.0213. The highest BCUT2D eigenvalue weighted by Gasteiger charge is 2.25. The highest BCUT2D eigenvalue weighted by Crippen LogP contribution is 2.07. The predicted molar refractivity (Wildman–Crippen MR) is 67.5 cm³/mol. The first kappa shape index (κ1) is 14.7. The van der Waals surface area contributed by atoms with E-state index in [4.69, 9.17) is 15.7 Å². The maximum atomic E-state index is 11.7. The van der Waals surface area contributed by atoms with Gasteiger partial charge in [0, 0.05) is 32.8 Å². The number of hydrogen-bond donors (Lipinski definition) is 2. The van der Waals surface area contributed by atoms with Crippen molar-refractivity contribution < 1.29 is 14.7 Å². The van der Waals surface area contributed by atoms with Crippen molar-refractivity contribution >= 4 is 11.7 Å². The van der Waals surface area contributed by atoms with E-state index >= 15 is 0 Å². The SMILES string of the molecule is CCOCC(=O)N1CCN(C(C)C(N)=NO)CC1. The summed E-state index contributed by atoms with van der Waals surface area (Å²) in [5.74, 6) is 0.219. The quantitative estimate of drug-likeness (QED) is 0.294. The highest BCUT2D eigenvalue weighted by atomic mass is 16.5. The largest absolute Gasteiger partial charge is 0.409 e. The first-order valence-electron chi connectivity index (χ1n) is 6.17. The molecule has 1 heterocycles. The second kappa shape index (κ2) is 7.17. The zero-order chi connectivity index (χ0) is 13.5. The molecular formula is C11H22N4O3. The third-order valence-corrected chi connectivity index (χ3v) is 3.19. The molecule has 104 valence electrons. The van der Waals surface area contributed by atoms with Crippen molar-refractivity contribution in [1.29, 1.82) is 0 Å². The molecule has 0 saturated carbocycles. The van der Waals surface area contributed by atoms with Crippen LogP contribution in [0.5, 0.6) is 0 Å². The summed E-state index contributed by atoms with van der Waals surface area (Å²) in [5, 5.41) is 11.6. The summed E-state index contributed by atoms with van der Waals surface area (Å²) in [6.45, 7) is 7.17. The minimum atomic E-state index is -0.112.